The molecule has 214 valence electrons. The highest BCUT2D eigenvalue weighted by Crippen LogP contribution is 2.37. The first-order chi connectivity index (χ1) is 20.4. The summed E-state index contributed by atoms with van der Waals surface area (Å²) in [4.78, 5) is 43.7. The summed E-state index contributed by atoms with van der Waals surface area (Å²) in [5, 5.41) is 28.4. The summed E-state index contributed by atoms with van der Waals surface area (Å²) in [6, 6.07) is 16.8. The molecule has 0 radical (unpaired) electrons. The highest BCUT2D eigenvalue weighted by Gasteiger charge is 2.47. The van der Waals surface area contributed by atoms with Crippen molar-refractivity contribution < 1.29 is 24.2 Å². The third-order valence-corrected chi connectivity index (χ3v) is 7.51. The highest BCUT2D eigenvalue weighted by atomic mass is 16.5. The zero-order chi connectivity index (χ0) is 29.7. The highest BCUT2D eigenvalue weighted by molar-refractivity contribution is 6.04. The van der Waals surface area contributed by atoms with Crippen LogP contribution in [0.3, 0.4) is 0 Å². The average molecular weight is 567 g/mol. The van der Waals surface area contributed by atoms with Gasteiger partial charge in [-0.1, -0.05) is 24.3 Å². The number of nitrogens with zero attached hydrogens (tertiary/aromatic N) is 3. The number of nitriles is 1. The summed E-state index contributed by atoms with van der Waals surface area (Å²) in [6.07, 6.45) is 6.24. The number of rotatable bonds is 7. The molecule has 1 atom stereocenters. The quantitative estimate of drug-likeness (QED) is 0.304. The van der Waals surface area contributed by atoms with Crippen LogP contribution < -0.4 is 16.0 Å². The van der Waals surface area contributed by atoms with Crippen molar-refractivity contribution in [3.63, 3.8) is 0 Å². The molecule has 0 bridgehead atoms. The minimum Gasteiger partial charge on any atom is -0.465 e. The first-order valence-electron chi connectivity index (χ1n) is 13.7. The Kier molecular flexibility index (Phi) is 8.06. The molecule has 11 heteroatoms. The molecule has 2 aliphatic heterocycles. The molecule has 2 aliphatic rings. The van der Waals surface area contributed by atoms with E-state index >= 15 is 0 Å². The van der Waals surface area contributed by atoms with Crippen LogP contribution in [0.1, 0.15) is 58.0 Å². The normalized spacial score (nSPS) is 17.0. The van der Waals surface area contributed by atoms with Gasteiger partial charge < -0.3 is 30.7 Å². The minimum absolute atomic E-state index is 0.182. The lowest BCUT2D eigenvalue weighted by Crippen LogP contribution is -2.63. The lowest BCUT2D eigenvalue weighted by Gasteiger charge is -2.46. The number of pyridine rings is 1. The average Bonchev–Trinajstić information content (AvgIpc) is 3.52. The van der Waals surface area contributed by atoms with Gasteiger partial charge in [0.1, 0.15) is 5.82 Å². The van der Waals surface area contributed by atoms with Crippen LogP contribution in [0.25, 0.3) is 11.1 Å². The van der Waals surface area contributed by atoms with Crippen LogP contribution in [0.5, 0.6) is 0 Å². The number of anilines is 1. The number of likely N-dealkylation sites (tertiary alicyclic amines) is 1. The fraction of sp³-hybridized carbons (Fsp3) is 0.258. The minimum atomic E-state index is -0.991. The largest absolute Gasteiger partial charge is 0.465 e. The number of aromatic nitrogens is 1. The topological polar surface area (TPSA) is 157 Å². The molecule has 2 aromatic carbocycles. The van der Waals surface area contributed by atoms with Crippen molar-refractivity contribution in [1.29, 1.82) is 5.26 Å². The maximum absolute atomic E-state index is 13.2. The summed E-state index contributed by atoms with van der Waals surface area (Å²) in [7, 11) is 0. The summed E-state index contributed by atoms with van der Waals surface area (Å²) in [6.45, 7) is 2.34. The van der Waals surface area contributed by atoms with Crippen molar-refractivity contribution in [3.8, 4) is 17.2 Å². The molecule has 1 fully saturated rings. The number of amides is 2. The van der Waals surface area contributed by atoms with Gasteiger partial charge in [-0.05, 0) is 67.6 Å². The van der Waals surface area contributed by atoms with Crippen molar-refractivity contribution in [1.82, 2.24) is 20.5 Å². The molecule has 0 spiro atoms. The fourth-order valence-corrected chi connectivity index (χ4v) is 5.53. The second kappa shape index (κ2) is 12.0. The van der Waals surface area contributed by atoms with Crippen LogP contribution in [0, 0.1) is 11.3 Å². The number of carboxylic acid groups (broad SMARTS) is 1. The van der Waals surface area contributed by atoms with E-state index in [0.29, 0.717) is 46.3 Å². The number of piperidine rings is 1. The molecule has 0 unspecified atom stereocenters. The first-order valence-corrected chi connectivity index (χ1v) is 13.7. The van der Waals surface area contributed by atoms with Gasteiger partial charge in [-0.15, -0.1) is 0 Å². The van der Waals surface area contributed by atoms with Crippen LogP contribution in [0.2, 0.25) is 0 Å². The Balaban J connectivity index is 1.48. The molecule has 0 saturated carbocycles. The zero-order valence-electron chi connectivity index (χ0n) is 23.0. The summed E-state index contributed by atoms with van der Waals surface area (Å²) >= 11 is 0. The van der Waals surface area contributed by atoms with Gasteiger partial charge in [0.05, 0.1) is 29.8 Å². The number of hydrogen-bond acceptors (Lipinski definition) is 8. The molecule has 5 rings (SSSR count). The molecule has 3 heterocycles. The number of benzene rings is 2. The standard InChI is InChI=1S/C31H30N6O5/c1-2-42-29(39)25-18-23(31(34-14-15-35-31)26-5-3-4-16-37(26)30(40)41)10-11-24(25)21-6-8-22(9-7-21)28(38)36-27-17-20(19-32)12-13-33-27/h6-15,17-18,26,34-35H,2-5,16H2,1H3,(H,40,41)(H,33,36,38)/t26-/m0/s1. The van der Waals surface area contributed by atoms with Crippen molar-refractivity contribution >= 4 is 23.8 Å². The van der Waals surface area contributed by atoms with Crippen LogP contribution in [0.15, 0.2) is 73.2 Å². The molecule has 3 aromatic rings. The Morgan fingerprint density at radius 3 is 2.57 bits per heavy atom. The smallest absolute Gasteiger partial charge is 0.407 e. The predicted molar refractivity (Wildman–Crippen MR) is 154 cm³/mol. The SMILES string of the molecule is CCOC(=O)c1cc(C2([C@@H]3CCCCN3C(=O)O)NC=CN2)ccc1-c1ccc(C(=O)Nc2cc(C#N)ccn2)cc1. The Labute approximate surface area is 242 Å². The second-order valence-corrected chi connectivity index (χ2v) is 9.97. The molecule has 42 heavy (non-hydrogen) atoms. The van der Waals surface area contributed by atoms with Crippen molar-refractivity contribution in [2.75, 3.05) is 18.5 Å². The molecule has 2 amide bonds. The third kappa shape index (κ3) is 5.47. The zero-order valence-corrected chi connectivity index (χ0v) is 23.0. The summed E-state index contributed by atoms with van der Waals surface area (Å²) in [5.41, 5.74) is 2.09. The molecular weight excluding hydrogens is 536 g/mol. The van der Waals surface area contributed by atoms with Crippen molar-refractivity contribution in [2.45, 2.75) is 37.9 Å². The fourth-order valence-electron chi connectivity index (χ4n) is 5.53. The van der Waals surface area contributed by atoms with E-state index in [-0.39, 0.29) is 12.4 Å². The monoisotopic (exact) mass is 566 g/mol. The number of ether oxygens (including phenoxy) is 1. The van der Waals surface area contributed by atoms with E-state index in [1.807, 2.05) is 18.2 Å². The maximum atomic E-state index is 13.2. The Morgan fingerprint density at radius 2 is 1.88 bits per heavy atom. The van der Waals surface area contributed by atoms with E-state index in [0.717, 1.165) is 12.8 Å². The van der Waals surface area contributed by atoms with Crippen LogP contribution in [-0.2, 0) is 10.4 Å². The second-order valence-electron chi connectivity index (χ2n) is 9.97. The summed E-state index contributed by atoms with van der Waals surface area (Å²) < 4.78 is 5.40. The van der Waals surface area contributed by atoms with E-state index in [1.54, 1.807) is 55.7 Å². The molecule has 4 N–H and O–H groups in total. The van der Waals surface area contributed by atoms with E-state index in [9.17, 15) is 19.5 Å². The van der Waals surface area contributed by atoms with Crippen LogP contribution in [-0.4, -0.2) is 52.2 Å². The molecule has 11 nitrogen and oxygen atoms in total. The maximum Gasteiger partial charge on any atom is 0.407 e. The van der Waals surface area contributed by atoms with Crippen molar-refractivity contribution in [2.24, 2.45) is 0 Å². The Hall–Kier alpha value is -5.37. The van der Waals surface area contributed by atoms with Gasteiger partial charge in [0.25, 0.3) is 5.91 Å². The number of esters is 1. The summed E-state index contributed by atoms with van der Waals surface area (Å²) in [5.74, 6) is -0.645. The van der Waals surface area contributed by atoms with E-state index in [1.165, 1.54) is 17.2 Å². The number of carbonyl (C=O) groups excluding carboxylic acids is 2. The molecule has 0 aliphatic carbocycles. The Bertz CT molecular complexity index is 1570. The van der Waals surface area contributed by atoms with Gasteiger partial charge in [-0.25, -0.2) is 14.6 Å². The van der Waals surface area contributed by atoms with Gasteiger partial charge in [-0.2, -0.15) is 5.26 Å². The van der Waals surface area contributed by atoms with Gasteiger partial charge >= 0.3 is 12.1 Å². The number of hydrogen-bond donors (Lipinski definition) is 4. The molecule has 1 saturated heterocycles. The van der Waals surface area contributed by atoms with E-state index in [2.05, 4.69) is 20.9 Å². The van der Waals surface area contributed by atoms with Crippen LogP contribution in [0.4, 0.5) is 10.6 Å². The lowest BCUT2D eigenvalue weighted by atomic mass is 9.83. The predicted octanol–water partition coefficient (Wildman–Crippen LogP) is 4.40. The lowest BCUT2D eigenvalue weighted by molar-refractivity contribution is 0.0517. The van der Waals surface area contributed by atoms with E-state index < -0.39 is 29.7 Å². The molecule has 1 aromatic heterocycles. The number of carbonyl (C=O) groups is 3. The first kappa shape index (κ1) is 28.2. The van der Waals surface area contributed by atoms with Crippen molar-refractivity contribution in [3.05, 3.63) is 95.4 Å². The van der Waals surface area contributed by atoms with Gasteiger partial charge in [-0.3, -0.25) is 4.79 Å². The van der Waals surface area contributed by atoms with Gasteiger partial charge in [0.15, 0.2) is 5.66 Å². The van der Waals surface area contributed by atoms with E-state index in [4.69, 9.17) is 10.00 Å². The van der Waals surface area contributed by atoms with Gasteiger partial charge in [0.2, 0.25) is 0 Å². The Morgan fingerprint density at radius 1 is 1.12 bits per heavy atom. The third-order valence-electron chi connectivity index (χ3n) is 7.51. The molecular formula is C31H30N6O5. The number of nitrogens with one attached hydrogen (secondary N) is 3. The van der Waals surface area contributed by atoms with Gasteiger partial charge in [0, 0.05) is 36.3 Å². The van der Waals surface area contributed by atoms with Crippen LogP contribution >= 0.6 is 0 Å².